The van der Waals surface area contributed by atoms with Crippen molar-refractivity contribution in [2.24, 2.45) is 11.8 Å². The minimum Gasteiger partial charge on any atom is -0.481 e. The topological polar surface area (TPSA) is 37.3 Å². The first kappa shape index (κ1) is 10.5. The largest absolute Gasteiger partial charge is 0.481 e. The molecule has 0 aliphatic heterocycles. The molecule has 1 saturated carbocycles. The molecule has 13 heavy (non-hydrogen) atoms. The van der Waals surface area contributed by atoms with Crippen molar-refractivity contribution in [2.45, 2.75) is 19.3 Å². The summed E-state index contributed by atoms with van der Waals surface area (Å²) in [4.78, 5) is 10.6. The van der Waals surface area contributed by atoms with E-state index in [1.807, 2.05) is 0 Å². The average molecular weight is 186 g/mol. The standard InChI is InChI=1S/C10H19NO2/c1-11(2,3)7-9(6-10(12)13)8-4-5-8/h8-9H,4-7H2,1-3H3/p+1. The lowest BCUT2D eigenvalue weighted by molar-refractivity contribution is -0.874. The van der Waals surface area contributed by atoms with Crippen LogP contribution in [0.2, 0.25) is 0 Å². The molecular weight excluding hydrogens is 166 g/mol. The van der Waals surface area contributed by atoms with Crippen LogP contribution in [0.25, 0.3) is 0 Å². The number of aliphatic carboxylic acids is 1. The van der Waals surface area contributed by atoms with Crippen LogP contribution in [0.3, 0.4) is 0 Å². The smallest absolute Gasteiger partial charge is 0.303 e. The average Bonchev–Trinajstić information content (AvgIpc) is 2.60. The molecule has 1 rings (SSSR count). The third-order valence-corrected chi connectivity index (χ3v) is 2.51. The number of carboxylic acids is 1. The van der Waals surface area contributed by atoms with Gasteiger partial charge in [0, 0.05) is 5.92 Å². The number of rotatable bonds is 5. The zero-order valence-corrected chi connectivity index (χ0v) is 8.79. The second-order valence-electron chi connectivity index (χ2n) is 5.17. The lowest BCUT2D eigenvalue weighted by Gasteiger charge is -2.28. The molecule has 0 saturated heterocycles. The van der Waals surface area contributed by atoms with E-state index in [0.717, 1.165) is 11.0 Å². The highest BCUT2D eigenvalue weighted by Gasteiger charge is 2.35. The van der Waals surface area contributed by atoms with E-state index in [9.17, 15) is 4.79 Å². The fraction of sp³-hybridized carbons (Fsp3) is 0.900. The Bertz CT molecular complexity index is 192. The third kappa shape index (κ3) is 4.27. The maximum atomic E-state index is 10.6. The molecule has 1 fully saturated rings. The molecule has 0 aromatic rings. The Morgan fingerprint density at radius 1 is 1.46 bits per heavy atom. The van der Waals surface area contributed by atoms with Crippen molar-refractivity contribution in [1.82, 2.24) is 0 Å². The summed E-state index contributed by atoms with van der Waals surface area (Å²) in [5.74, 6) is 0.427. The summed E-state index contributed by atoms with van der Waals surface area (Å²) in [5.41, 5.74) is 0. The summed E-state index contributed by atoms with van der Waals surface area (Å²) in [5, 5.41) is 8.75. The summed E-state index contributed by atoms with van der Waals surface area (Å²) in [6, 6.07) is 0. The van der Waals surface area contributed by atoms with Crippen molar-refractivity contribution in [3.8, 4) is 0 Å². The Hall–Kier alpha value is -0.570. The molecule has 0 aromatic heterocycles. The highest BCUT2D eigenvalue weighted by molar-refractivity contribution is 5.67. The molecule has 1 N–H and O–H groups in total. The van der Waals surface area contributed by atoms with Gasteiger partial charge in [-0.15, -0.1) is 0 Å². The first-order valence-electron chi connectivity index (χ1n) is 4.91. The SMILES string of the molecule is C[N+](C)(C)CC(CC(=O)O)C1CC1. The predicted octanol–water partition coefficient (Wildman–Crippen LogP) is 1.19. The molecule has 1 aliphatic rings. The minimum atomic E-state index is -0.648. The maximum absolute atomic E-state index is 10.6. The second kappa shape index (κ2) is 3.66. The number of carbonyl (C=O) groups is 1. The summed E-state index contributed by atoms with van der Waals surface area (Å²) >= 11 is 0. The first-order chi connectivity index (χ1) is 5.88. The van der Waals surface area contributed by atoms with Gasteiger partial charge in [-0.1, -0.05) is 0 Å². The van der Waals surface area contributed by atoms with Crippen molar-refractivity contribution in [1.29, 1.82) is 0 Å². The Labute approximate surface area is 79.9 Å². The van der Waals surface area contributed by atoms with E-state index in [2.05, 4.69) is 21.1 Å². The monoisotopic (exact) mass is 186 g/mol. The molecule has 0 amide bonds. The zero-order valence-electron chi connectivity index (χ0n) is 8.79. The van der Waals surface area contributed by atoms with E-state index in [1.165, 1.54) is 12.8 Å². The van der Waals surface area contributed by atoms with Crippen molar-refractivity contribution < 1.29 is 14.4 Å². The Morgan fingerprint density at radius 2 is 2.00 bits per heavy atom. The Kier molecular flexibility index (Phi) is 2.96. The summed E-state index contributed by atoms with van der Waals surface area (Å²) in [6.07, 6.45) is 2.82. The summed E-state index contributed by atoms with van der Waals surface area (Å²) < 4.78 is 0.869. The van der Waals surface area contributed by atoms with E-state index in [4.69, 9.17) is 5.11 Å². The van der Waals surface area contributed by atoms with Crippen LogP contribution < -0.4 is 0 Å². The molecule has 0 radical (unpaired) electrons. The van der Waals surface area contributed by atoms with E-state index in [1.54, 1.807) is 0 Å². The first-order valence-corrected chi connectivity index (χ1v) is 4.91. The lowest BCUT2D eigenvalue weighted by atomic mass is 9.99. The lowest BCUT2D eigenvalue weighted by Crippen LogP contribution is -2.40. The quantitative estimate of drug-likeness (QED) is 0.655. The van der Waals surface area contributed by atoms with Crippen molar-refractivity contribution in [2.75, 3.05) is 27.7 Å². The van der Waals surface area contributed by atoms with Crippen LogP contribution in [-0.2, 0) is 4.79 Å². The fourth-order valence-electron chi connectivity index (χ4n) is 1.88. The Balaban J connectivity index is 2.42. The van der Waals surface area contributed by atoms with Crippen LogP contribution in [0, 0.1) is 11.8 Å². The molecular formula is C10H20NO2+. The van der Waals surface area contributed by atoms with Crippen molar-refractivity contribution in [3.05, 3.63) is 0 Å². The van der Waals surface area contributed by atoms with Crippen LogP contribution in [-0.4, -0.2) is 43.2 Å². The van der Waals surface area contributed by atoms with E-state index in [0.29, 0.717) is 18.3 Å². The number of hydrogen-bond donors (Lipinski definition) is 1. The van der Waals surface area contributed by atoms with Gasteiger partial charge in [0.2, 0.25) is 0 Å². The number of quaternary nitrogens is 1. The van der Waals surface area contributed by atoms with Gasteiger partial charge in [0.05, 0.1) is 34.1 Å². The van der Waals surface area contributed by atoms with Gasteiger partial charge < -0.3 is 9.59 Å². The molecule has 0 heterocycles. The normalized spacial score (nSPS) is 19.9. The number of carboxylic acid groups (broad SMARTS) is 1. The Morgan fingerprint density at radius 3 is 2.31 bits per heavy atom. The van der Waals surface area contributed by atoms with Crippen LogP contribution in [0.4, 0.5) is 0 Å². The highest BCUT2D eigenvalue weighted by atomic mass is 16.4. The predicted molar refractivity (Wildman–Crippen MR) is 51.4 cm³/mol. The van der Waals surface area contributed by atoms with E-state index in [-0.39, 0.29) is 0 Å². The van der Waals surface area contributed by atoms with Gasteiger partial charge in [-0.2, -0.15) is 0 Å². The van der Waals surface area contributed by atoms with E-state index < -0.39 is 5.97 Å². The van der Waals surface area contributed by atoms with Crippen LogP contribution >= 0.6 is 0 Å². The molecule has 3 heteroatoms. The molecule has 76 valence electrons. The van der Waals surface area contributed by atoms with E-state index >= 15 is 0 Å². The molecule has 3 nitrogen and oxygen atoms in total. The van der Waals surface area contributed by atoms with Gasteiger partial charge in [0.1, 0.15) is 0 Å². The minimum absolute atomic E-state index is 0.347. The van der Waals surface area contributed by atoms with Gasteiger partial charge >= 0.3 is 5.97 Å². The molecule has 0 spiro atoms. The van der Waals surface area contributed by atoms with Gasteiger partial charge in [0.25, 0.3) is 0 Å². The summed E-state index contributed by atoms with van der Waals surface area (Å²) in [6.45, 7) is 0.983. The van der Waals surface area contributed by atoms with Crippen LogP contribution in [0.1, 0.15) is 19.3 Å². The molecule has 0 aromatic carbocycles. The molecule has 0 bridgehead atoms. The molecule has 1 atom stereocenters. The third-order valence-electron chi connectivity index (χ3n) is 2.51. The van der Waals surface area contributed by atoms with Crippen LogP contribution in [0.5, 0.6) is 0 Å². The summed E-state index contributed by atoms with van der Waals surface area (Å²) in [7, 11) is 6.37. The van der Waals surface area contributed by atoms with Gasteiger partial charge in [-0.05, 0) is 18.8 Å². The second-order valence-corrected chi connectivity index (χ2v) is 5.17. The fourth-order valence-corrected chi connectivity index (χ4v) is 1.88. The number of nitrogens with zero attached hydrogens (tertiary/aromatic N) is 1. The molecule has 1 unspecified atom stereocenters. The van der Waals surface area contributed by atoms with Gasteiger partial charge in [-0.3, -0.25) is 4.79 Å². The van der Waals surface area contributed by atoms with Crippen LogP contribution in [0.15, 0.2) is 0 Å². The van der Waals surface area contributed by atoms with Gasteiger partial charge in [-0.25, -0.2) is 0 Å². The van der Waals surface area contributed by atoms with Crippen molar-refractivity contribution >= 4 is 5.97 Å². The maximum Gasteiger partial charge on any atom is 0.303 e. The highest BCUT2D eigenvalue weighted by Crippen LogP contribution is 2.39. The van der Waals surface area contributed by atoms with Gasteiger partial charge in [0.15, 0.2) is 0 Å². The number of hydrogen-bond acceptors (Lipinski definition) is 1. The molecule has 1 aliphatic carbocycles. The zero-order chi connectivity index (χ0) is 10.1. The van der Waals surface area contributed by atoms with Crippen molar-refractivity contribution in [3.63, 3.8) is 0 Å².